The standard InChI is InChI=1S/C11H13Cl2FN2O/c12-10-6-9(16-1-3-17-4-2-16)5-8(7-15-13)11(10)14/h5-6,15H,1-4,7H2. The maximum Gasteiger partial charge on any atom is 0.146 e. The second kappa shape index (κ2) is 5.87. The van der Waals surface area contributed by atoms with Gasteiger partial charge in [-0.1, -0.05) is 11.6 Å². The third kappa shape index (κ3) is 3.01. The molecule has 0 amide bonds. The molecule has 6 heteroatoms. The van der Waals surface area contributed by atoms with E-state index in [9.17, 15) is 4.39 Å². The summed E-state index contributed by atoms with van der Waals surface area (Å²) in [6.07, 6.45) is 0. The summed E-state index contributed by atoms with van der Waals surface area (Å²) in [7, 11) is 0. The van der Waals surface area contributed by atoms with Crippen molar-refractivity contribution in [1.82, 2.24) is 4.84 Å². The number of nitrogens with one attached hydrogen (secondary N) is 1. The average molecular weight is 279 g/mol. The molecule has 1 saturated heterocycles. The van der Waals surface area contributed by atoms with Gasteiger partial charge in [0, 0.05) is 30.9 Å². The van der Waals surface area contributed by atoms with Gasteiger partial charge in [-0.2, -0.15) is 0 Å². The fraction of sp³-hybridized carbons (Fsp3) is 0.455. The van der Waals surface area contributed by atoms with Crippen molar-refractivity contribution in [3.63, 3.8) is 0 Å². The van der Waals surface area contributed by atoms with E-state index in [1.807, 2.05) is 0 Å². The third-order valence-corrected chi connectivity index (χ3v) is 3.13. The number of halogens is 3. The lowest BCUT2D eigenvalue weighted by Gasteiger charge is -2.29. The van der Waals surface area contributed by atoms with Crippen LogP contribution in [0, 0.1) is 5.82 Å². The Hall–Kier alpha value is -0.550. The second-order valence-electron chi connectivity index (χ2n) is 3.81. The Morgan fingerprint density at radius 1 is 1.35 bits per heavy atom. The number of rotatable bonds is 3. The van der Waals surface area contributed by atoms with Crippen molar-refractivity contribution in [3.05, 3.63) is 28.5 Å². The van der Waals surface area contributed by atoms with E-state index in [4.69, 9.17) is 28.1 Å². The van der Waals surface area contributed by atoms with Gasteiger partial charge in [0.2, 0.25) is 0 Å². The van der Waals surface area contributed by atoms with E-state index in [0.29, 0.717) is 18.8 Å². The molecular weight excluding hydrogens is 266 g/mol. The normalized spacial score (nSPS) is 16.3. The van der Waals surface area contributed by atoms with Crippen LogP contribution >= 0.6 is 23.4 Å². The molecule has 0 atom stereocenters. The van der Waals surface area contributed by atoms with Crippen LogP contribution in [0.3, 0.4) is 0 Å². The molecule has 1 aromatic carbocycles. The molecule has 1 aliphatic rings. The van der Waals surface area contributed by atoms with E-state index in [2.05, 4.69) is 9.74 Å². The molecule has 0 saturated carbocycles. The first-order valence-electron chi connectivity index (χ1n) is 5.36. The van der Waals surface area contributed by atoms with Crippen LogP contribution in [0.2, 0.25) is 5.02 Å². The zero-order valence-corrected chi connectivity index (χ0v) is 10.7. The van der Waals surface area contributed by atoms with Gasteiger partial charge in [-0.15, -0.1) is 0 Å². The molecule has 94 valence electrons. The highest BCUT2D eigenvalue weighted by molar-refractivity contribution is 6.31. The Balaban J connectivity index is 2.27. The quantitative estimate of drug-likeness (QED) is 0.861. The highest BCUT2D eigenvalue weighted by Crippen LogP contribution is 2.27. The molecule has 1 fully saturated rings. The summed E-state index contributed by atoms with van der Waals surface area (Å²) in [4.78, 5) is 4.53. The fourth-order valence-corrected chi connectivity index (χ4v) is 2.21. The van der Waals surface area contributed by atoms with Crippen LogP contribution in [-0.2, 0) is 11.3 Å². The predicted octanol–water partition coefficient (Wildman–Crippen LogP) is 2.56. The summed E-state index contributed by atoms with van der Waals surface area (Å²) in [5.74, 6) is -0.420. The lowest BCUT2D eigenvalue weighted by atomic mass is 10.1. The molecule has 1 aliphatic heterocycles. The number of benzene rings is 1. The molecule has 0 unspecified atom stereocenters. The van der Waals surface area contributed by atoms with Gasteiger partial charge in [-0.3, -0.25) is 0 Å². The highest BCUT2D eigenvalue weighted by atomic mass is 35.5. The summed E-state index contributed by atoms with van der Waals surface area (Å²) in [5.41, 5.74) is 1.37. The number of hydrogen-bond acceptors (Lipinski definition) is 3. The van der Waals surface area contributed by atoms with Crippen LogP contribution in [0.1, 0.15) is 5.56 Å². The Bertz CT molecular complexity index is 397. The molecule has 3 nitrogen and oxygen atoms in total. The van der Waals surface area contributed by atoms with E-state index in [1.54, 1.807) is 12.1 Å². The minimum Gasteiger partial charge on any atom is -0.378 e. The van der Waals surface area contributed by atoms with Crippen molar-refractivity contribution in [1.29, 1.82) is 0 Å². The van der Waals surface area contributed by atoms with E-state index < -0.39 is 5.82 Å². The molecule has 0 aromatic heterocycles. The summed E-state index contributed by atoms with van der Waals surface area (Å²) in [5, 5.41) is 0.121. The topological polar surface area (TPSA) is 24.5 Å². The van der Waals surface area contributed by atoms with Crippen LogP contribution in [0.15, 0.2) is 12.1 Å². The second-order valence-corrected chi connectivity index (χ2v) is 4.48. The van der Waals surface area contributed by atoms with Gasteiger partial charge in [-0.25, -0.2) is 9.23 Å². The first kappa shape index (κ1) is 12.9. The van der Waals surface area contributed by atoms with Crippen molar-refractivity contribution in [3.8, 4) is 0 Å². The van der Waals surface area contributed by atoms with Crippen LogP contribution in [0.25, 0.3) is 0 Å². The molecule has 1 N–H and O–H groups in total. The molecule has 0 aliphatic carbocycles. The zero-order chi connectivity index (χ0) is 12.3. The van der Waals surface area contributed by atoms with Gasteiger partial charge in [0.1, 0.15) is 5.82 Å². The summed E-state index contributed by atoms with van der Waals surface area (Å²) in [6.45, 7) is 3.17. The summed E-state index contributed by atoms with van der Waals surface area (Å²) >= 11 is 11.3. The third-order valence-electron chi connectivity index (χ3n) is 2.72. The van der Waals surface area contributed by atoms with E-state index >= 15 is 0 Å². The SMILES string of the molecule is Fc1c(Cl)cc(N2CCOCC2)cc1CNCl. The minimum atomic E-state index is -0.420. The van der Waals surface area contributed by atoms with Gasteiger partial charge in [-0.05, 0) is 23.9 Å². The maximum absolute atomic E-state index is 13.7. The molecule has 0 spiro atoms. The highest BCUT2D eigenvalue weighted by Gasteiger charge is 2.15. The first-order chi connectivity index (χ1) is 8.22. The van der Waals surface area contributed by atoms with Crippen LogP contribution in [0.4, 0.5) is 10.1 Å². The summed E-state index contributed by atoms with van der Waals surface area (Å²) < 4.78 is 18.9. The van der Waals surface area contributed by atoms with Crippen molar-refractivity contribution in [2.75, 3.05) is 31.2 Å². The van der Waals surface area contributed by atoms with Crippen LogP contribution in [0.5, 0.6) is 0 Å². The Kier molecular flexibility index (Phi) is 4.45. The van der Waals surface area contributed by atoms with Gasteiger partial charge in [0.25, 0.3) is 0 Å². The number of ether oxygens (including phenoxy) is 1. The van der Waals surface area contributed by atoms with Gasteiger partial charge < -0.3 is 9.64 Å². The predicted molar refractivity (Wildman–Crippen MR) is 67.1 cm³/mol. The fourth-order valence-electron chi connectivity index (χ4n) is 1.83. The molecule has 17 heavy (non-hydrogen) atoms. The van der Waals surface area contributed by atoms with Crippen molar-refractivity contribution >= 4 is 29.1 Å². The molecule has 0 bridgehead atoms. The Morgan fingerprint density at radius 2 is 2.06 bits per heavy atom. The van der Waals surface area contributed by atoms with Gasteiger partial charge in [0.15, 0.2) is 0 Å². The average Bonchev–Trinajstić information content (AvgIpc) is 2.36. The largest absolute Gasteiger partial charge is 0.378 e. The summed E-state index contributed by atoms with van der Waals surface area (Å²) in [6, 6.07) is 3.40. The van der Waals surface area contributed by atoms with Gasteiger partial charge >= 0.3 is 0 Å². The maximum atomic E-state index is 13.7. The van der Waals surface area contributed by atoms with E-state index in [0.717, 1.165) is 18.8 Å². The molecule has 1 heterocycles. The number of nitrogens with zero attached hydrogens (tertiary/aromatic N) is 1. The van der Waals surface area contributed by atoms with Crippen LogP contribution in [-0.4, -0.2) is 26.3 Å². The molecule has 0 radical (unpaired) electrons. The Morgan fingerprint density at radius 3 is 2.71 bits per heavy atom. The molecular formula is C11H13Cl2FN2O. The minimum absolute atomic E-state index is 0.121. The zero-order valence-electron chi connectivity index (χ0n) is 9.18. The number of anilines is 1. The number of hydrogen-bond donors (Lipinski definition) is 1. The lowest BCUT2D eigenvalue weighted by molar-refractivity contribution is 0.122. The van der Waals surface area contributed by atoms with Crippen molar-refractivity contribution in [2.45, 2.75) is 6.54 Å². The van der Waals surface area contributed by atoms with E-state index in [1.165, 1.54) is 0 Å². The van der Waals surface area contributed by atoms with Crippen molar-refractivity contribution < 1.29 is 9.13 Å². The van der Waals surface area contributed by atoms with Crippen molar-refractivity contribution in [2.24, 2.45) is 0 Å². The van der Waals surface area contributed by atoms with Gasteiger partial charge in [0.05, 0.1) is 18.2 Å². The molecule has 1 aromatic rings. The first-order valence-corrected chi connectivity index (χ1v) is 6.12. The van der Waals surface area contributed by atoms with E-state index in [-0.39, 0.29) is 11.6 Å². The Labute approximate surface area is 110 Å². The monoisotopic (exact) mass is 278 g/mol. The molecule has 2 rings (SSSR count). The smallest absolute Gasteiger partial charge is 0.146 e. The lowest BCUT2D eigenvalue weighted by Crippen LogP contribution is -2.36. The number of morpholine rings is 1. The van der Waals surface area contributed by atoms with Crippen LogP contribution < -0.4 is 9.74 Å².